The number of alkyl halides is 2. The Bertz CT molecular complexity index is 804. The molecule has 1 aromatic heterocycles. The lowest BCUT2D eigenvalue weighted by atomic mass is 10.2. The molecule has 2 rings (SSSR count). The maximum Gasteiger partial charge on any atom is 0.303 e. The quantitative estimate of drug-likeness (QED) is 0.594. The predicted octanol–water partition coefficient (Wildman–Crippen LogP) is 3.97. The van der Waals surface area contributed by atoms with Crippen molar-refractivity contribution >= 4 is 17.6 Å². The number of benzene rings is 1. The summed E-state index contributed by atoms with van der Waals surface area (Å²) in [6.45, 7) is 4.30. The molecule has 0 unspecified atom stereocenters. The van der Waals surface area contributed by atoms with Crippen LogP contribution < -0.4 is 10.1 Å². The van der Waals surface area contributed by atoms with Crippen molar-refractivity contribution in [1.82, 2.24) is 9.78 Å². The van der Waals surface area contributed by atoms with Gasteiger partial charge < -0.3 is 15.2 Å². The van der Waals surface area contributed by atoms with Gasteiger partial charge in [-0.2, -0.15) is 5.10 Å². The normalized spacial score (nSPS) is 11.1. The number of rotatable bonds is 10. The van der Waals surface area contributed by atoms with Crippen LogP contribution in [0, 0.1) is 5.92 Å². The van der Waals surface area contributed by atoms with Crippen LogP contribution in [0.5, 0.6) is 5.75 Å². The minimum atomic E-state index is -2.82. The molecule has 2 aromatic rings. The predicted molar refractivity (Wildman–Crippen MR) is 98.8 cm³/mol. The number of hydrogen-bond acceptors (Lipinski definition) is 4. The highest BCUT2D eigenvalue weighted by Gasteiger charge is 2.25. The second-order valence-electron chi connectivity index (χ2n) is 6.64. The molecule has 0 atom stereocenters. The summed E-state index contributed by atoms with van der Waals surface area (Å²) in [5, 5.41) is 15.1. The van der Waals surface area contributed by atoms with E-state index >= 15 is 0 Å². The molecule has 2 N–H and O–H groups in total. The van der Waals surface area contributed by atoms with Gasteiger partial charge in [-0.05, 0) is 36.6 Å². The monoisotopic (exact) mass is 395 g/mol. The van der Waals surface area contributed by atoms with E-state index in [-0.39, 0.29) is 24.5 Å². The third kappa shape index (κ3) is 6.04. The molecule has 7 nitrogen and oxygen atoms in total. The fourth-order valence-corrected chi connectivity index (χ4v) is 2.54. The standard InChI is InChI=1S/C19H23F2N3O4/c1-12(2)11-24-17(18(20)21)15(10-22-24)19(27)23-13-5-7-14(8-6-13)28-9-3-4-16(25)26/h5-8,10,12,18H,3-4,9,11H2,1-2H3,(H,23,27)(H,25,26). The van der Waals surface area contributed by atoms with Gasteiger partial charge in [0.25, 0.3) is 12.3 Å². The second kappa shape index (κ2) is 9.82. The molecule has 1 amide bonds. The lowest BCUT2D eigenvalue weighted by Gasteiger charge is -2.11. The van der Waals surface area contributed by atoms with E-state index in [9.17, 15) is 18.4 Å². The molecule has 0 bridgehead atoms. The van der Waals surface area contributed by atoms with Crippen LogP contribution in [0.15, 0.2) is 30.5 Å². The van der Waals surface area contributed by atoms with Crippen LogP contribution in [0.25, 0.3) is 0 Å². The van der Waals surface area contributed by atoms with Crippen LogP contribution in [-0.4, -0.2) is 33.4 Å². The lowest BCUT2D eigenvalue weighted by Crippen LogP contribution is -2.16. The summed E-state index contributed by atoms with van der Waals surface area (Å²) in [6.07, 6.45) is -1.27. The number of carbonyl (C=O) groups excluding carboxylic acids is 1. The lowest BCUT2D eigenvalue weighted by molar-refractivity contribution is -0.137. The van der Waals surface area contributed by atoms with Crippen molar-refractivity contribution in [2.75, 3.05) is 11.9 Å². The van der Waals surface area contributed by atoms with Gasteiger partial charge in [-0.25, -0.2) is 8.78 Å². The zero-order valence-corrected chi connectivity index (χ0v) is 15.7. The molecule has 0 saturated heterocycles. The fraction of sp³-hybridized carbons (Fsp3) is 0.421. The first-order chi connectivity index (χ1) is 13.3. The maximum absolute atomic E-state index is 13.4. The number of amides is 1. The Labute approximate surface area is 161 Å². The molecule has 0 saturated carbocycles. The van der Waals surface area contributed by atoms with E-state index in [1.54, 1.807) is 24.3 Å². The number of nitrogens with zero attached hydrogens (tertiary/aromatic N) is 2. The first-order valence-corrected chi connectivity index (χ1v) is 8.87. The van der Waals surface area contributed by atoms with Gasteiger partial charge in [0.05, 0.1) is 18.4 Å². The molecule has 28 heavy (non-hydrogen) atoms. The number of carboxylic acid groups (broad SMARTS) is 1. The Kier molecular flexibility index (Phi) is 7.48. The van der Waals surface area contributed by atoms with Crippen molar-refractivity contribution in [3.05, 3.63) is 41.7 Å². The third-order valence-electron chi connectivity index (χ3n) is 3.79. The van der Waals surface area contributed by atoms with Gasteiger partial charge >= 0.3 is 5.97 Å². The number of carboxylic acids is 1. The van der Waals surface area contributed by atoms with Gasteiger partial charge in [-0.3, -0.25) is 14.3 Å². The summed E-state index contributed by atoms with van der Waals surface area (Å²) in [4.78, 5) is 22.9. The summed E-state index contributed by atoms with van der Waals surface area (Å²) in [5.74, 6) is -0.931. The van der Waals surface area contributed by atoms with E-state index in [0.717, 1.165) is 10.9 Å². The fourth-order valence-electron chi connectivity index (χ4n) is 2.54. The zero-order valence-electron chi connectivity index (χ0n) is 15.7. The van der Waals surface area contributed by atoms with E-state index in [1.165, 1.54) is 0 Å². The summed E-state index contributed by atoms with van der Waals surface area (Å²) < 4.78 is 33.4. The van der Waals surface area contributed by atoms with Gasteiger partial charge in [0.2, 0.25) is 0 Å². The average molecular weight is 395 g/mol. The van der Waals surface area contributed by atoms with E-state index in [4.69, 9.17) is 9.84 Å². The summed E-state index contributed by atoms with van der Waals surface area (Å²) >= 11 is 0. The van der Waals surface area contributed by atoms with Crippen molar-refractivity contribution in [2.45, 2.75) is 39.7 Å². The number of aliphatic carboxylic acids is 1. The Balaban J connectivity index is 2.01. The van der Waals surface area contributed by atoms with Crippen molar-refractivity contribution in [3.8, 4) is 5.75 Å². The Hall–Kier alpha value is -2.97. The molecule has 9 heteroatoms. The van der Waals surface area contributed by atoms with Gasteiger partial charge in [0, 0.05) is 18.7 Å². The molecule has 0 aliphatic carbocycles. The van der Waals surface area contributed by atoms with E-state index in [2.05, 4.69) is 10.4 Å². The minimum absolute atomic E-state index is 0.0190. The van der Waals surface area contributed by atoms with Crippen LogP contribution in [0.1, 0.15) is 49.2 Å². The molecule has 1 heterocycles. The Morgan fingerprint density at radius 2 is 1.93 bits per heavy atom. The molecular formula is C19H23F2N3O4. The first-order valence-electron chi connectivity index (χ1n) is 8.87. The minimum Gasteiger partial charge on any atom is -0.494 e. The molecule has 0 aliphatic heterocycles. The van der Waals surface area contributed by atoms with Crippen LogP contribution in [0.2, 0.25) is 0 Å². The first kappa shape index (κ1) is 21.3. The van der Waals surface area contributed by atoms with E-state index in [1.807, 2.05) is 13.8 Å². The highest BCUT2D eigenvalue weighted by molar-refractivity contribution is 6.05. The van der Waals surface area contributed by atoms with Crippen molar-refractivity contribution in [3.63, 3.8) is 0 Å². The number of aromatic nitrogens is 2. The summed E-state index contributed by atoms with van der Waals surface area (Å²) in [7, 11) is 0. The number of halogens is 2. The summed E-state index contributed by atoms with van der Waals surface area (Å²) in [5.41, 5.74) is -0.144. The van der Waals surface area contributed by atoms with Crippen LogP contribution in [0.3, 0.4) is 0 Å². The SMILES string of the molecule is CC(C)Cn1ncc(C(=O)Nc2ccc(OCCCC(=O)O)cc2)c1C(F)F. The molecule has 0 radical (unpaired) electrons. The van der Waals surface area contributed by atoms with Crippen molar-refractivity contribution < 1.29 is 28.2 Å². The average Bonchev–Trinajstić information content (AvgIpc) is 3.03. The van der Waals surface area contributed by atoms with E-state index < -0.39 is 24.0 Å². The van der Waals surface area contributed by atoms with Crippen LogP contribution in [0.4, 0.5) is 14.5 Å². The van der Waals surface area contributed by atoms with E-state index in [0.29, 0.717) is 24.4 Å². The maximum atomic E-state index is 13.4. The van der Waals surface area contributed by atoms with Crippen LogP contribution in [-0.2, 0) is 11.3 Å². The number of hydrogen-bond donors (Lipinski definition) is 2. The van der Waals surface area contributed by atoms with Gasteiger partial charge in [0.1, 0.15) is 11.4 Å². The molecule has 0 aliphatic rings. The third-order valence-corrected chi connectivity index (χ3v) is 3.79. The van der Waals surface area contributed by atoms with Crippen LogP contribution >= 0.6 is 0 Å². The Morgan fingerprint density at radius 3 is 2.50 bits per heavy atom. The molecule has 0 spiro atoms. The number of anilines is 1. The topological polar surface area (TPSA) is 93.5 Å². The van der Waals surface area contributed by atoms with Gasteiger partial charge in [-0.15, -0.1) is 0 Å². The smallest absolute Gasteiger partial charge is 0.303 e. The van der Waals surface area contributed by atoms with Gasteiger partial charge in [-0.1, -0.05) is 13.8 Å². The molecule has 152 valence electrons. The number of ether oxygens (including phenoxy) is 1. The second-order valence-corrected chi connectivity index (χ2v) is 6.64. The molecule has 0 fully saturated rings. The number of carbonyl (C=O) groups is 2. The van der Waals surface area contributed by atoms with Gasteiger partial charge in [0.15, 0.2) is 0 Å². The Morgan fingerprint density at radius 1 is 1.25 bits per heavy atom. The zero-order chi connectivity index (χ0) is 20.7. The van der Waals surface area contributed by atoms with Crippen molar-refractivity contribution in [2.24, 2.45) is 5.92 Å². The highest BCUT2D eigenvalue weighted by Crippen LogP contribution is 2.25. The number of nitrogens with one attached hydrogen (secondary N) is 1. The largest absolute Gasteiger partial charge is 0.494 e. The molecular weight excluding hydrogens is 372 g/mol. The van der Waals surface area contributed by atoms with Crippen molar-refractivity contribution in [1.29, 1.82) is 0 Å². The summed E-state index contributed by atoms with van der Waals surface area (Å²) in [6, 6.07) is 6.36. The molecule has 1 aromatic carbocycles. The highest BCUT2D eigenvalue weighted by atomic mass is 19.3.